The smallest absolute Gasteiger partial charge is 0.138 e. The molecule has 0 aliphatic carbocycles. The van der Waals surface area contributed by atoms with Gasteiger partial charge in [-0.3, -0.25) is 0 Å². The summed E-state index contributed by atoms with van der Waals surface area (Å²) >= 11 is 5.97. The van der Waals surface area contributed by atoms with Gasteiger partial charge in [0.2, 0.25) is 0 Å². The zero-order valence-electron chi connectivity index (χ0n) is 7.41. The highest BCUT2D eigenvalue weighted by Gasteiger charge is 2.08. The first-order chi connectivity index (χ1) is 6.20. The molecule has 0 amide bonds. The third-order valence-electron chi connectivity index (χ3n) is 1.72. The van der Waals surface area contributed by atoms with E-state index >= 15 is 0 Å². The van der Waals surface area contributed by atoms with Crippen molar-refractivity contribution in [3.63, 3.8) is 0 Å². The van der Waals surface area contributed by atoms with E-state index in [1.807, 2.05) is 0 Å². The summed E-state index contributed by atoms with van der Waals surface area (Å²) in [7, 11) is 1.54. The molecule has 1 rings (SSSR count). The molecule has 0 atom stereocenters. The molecule has 0 radical (unpaired) electrons. The van der Waals surface area contributed by atoms with Crippen LogP contribution in [0.5, 0.6) is 5.75 Å². The van der Waals surface area contributed by atoms with E-state index in [0.717, 1.165) is 0 Å². The van der Waals surface area contributed by atoms with Crippen molar-refractivity contribution in [1.82, 2.24) is 0 Å². The quantitative estimate of drug-likeness (QED) is 0.452. The molecule has 1 N–H and O–H groups in total. The van der Waals surface area contributed by atoms with Crippen molar-refractivity contribution in [3.8, 4) is 5.75 Å². The number of hydrogen-bond acceptors (Lipinski definition) is 3. The van der Waals surface area contributed by atoms with Gasteiger partial charge in [-0.2, -0.15) is 0 Å². The molecule has 0 saturated heterocycles. The average Bonchev–Trinajstić information content (AvgIpc) is 2.17. The Morgan fingerprint density at radius 3 is 2.77 bits per heavy atom. The van der Waals surface area contributed by atoms with Gasteiger partial charge < -0.3 is 9.94 Å². The first-order valence-corrected chi connectivity index (χ1v) is 4.10. The van der Waals surface area contributed by atoms with Crippen LogP contribution in [0.15, 0.2) is 23.4 Å². The van der Waals surface area contributed by atoms with Crippen LogP contribution in [0.1, 0.15) is 12.5 Å². The number of hydrogen-bond donors (Lipinski definition) is 1. The van der Waals surface area contributed by atoms with Crippen molar-refractivity contribution in [1.29, 1.82) is 0 Å². The molecule has 70 valence electrons. The van der Waals surface area contributed by atoms with Gasteiger partial charge in [-0.15, -0.1) is 0 Å². The monoisotopic (exact) mass is 199 g/mol. The van der Waals surface area contributed by atoms with E-state index in [1.54, 1.807) is 25.1 Å². The average molecular weight is 200 g/mol. The standard InChI is InChI=1S/C9H10ClNO2/c1-6(11-12)7-4-3-5-8(13-2)9(7)10/h3-5,12H,1-2H3. The summed E-state index contributed by atoms with van der Waals surface area (Å²) in [6, 6.07) is 5.30. The summed E-state index contributed by atoms with van der Waals surface area (Å²) in [6.07, 6.45) is 0. The zero-order valence-corrected chi connectivity index (χ0v) is 8.17. The Kier molecular flexibility index (Phi) is 3.14. The Balaban J connectivity index is 3.23. The van der Waals surface area contributed by atoms with Gasteiger partial charge in [-0.1, -0.05) is 28.9 Å². The Bertz CT molecular complexity index is 336. The first kappa shape index (κ1) is 9.86. The number of oxime groups is 1. The van der Waals surface area contributed by atoms with Crippen molar-refractivity contribution in [2.24, 2.45) is 5.16 Å². The number of methoxy groups -OCH3 is 1. The molecule has 0 unspecified atom stereocenters. The van der Waals surface area contributed by atoms with Gasteiger partial charge in [0.1, 0.15) is 5.75 Å². The lowest BCUT2D eigenvalue weighted by Gasteiger charge is -2.06. The Morgan fingerprint density at radius 2 is 2.23 bits per heavy atom. The molecule has 0 bridgehead atoms. The van der Waals surface area contributed by atoms with Gasteiger partial charge in [0.05, 0.1) is 17.8 Å². The molecule has 0 heterocycles. The normalized spacial score (nSPS) is 11.5. The predicted octanol–water partition coefficient (Wildman–Crippen LogP) is 2.55. The number of benzene rings is 1. The number of ether oxygens (including phenoxy) is 1. The van der Waals surface area contributed by atoms with Crippen LogP contribution >= 0.6 is 11.6 Å². The number of halogens is 1. The van der Waals surface area contributed by atoms with Crippen molar-refractivity contribution < 1.29 is 9.94 Å². The van der Waals surface area contributed by atoms with E-state index in [1.165, 1.54) is 7.11 Å². The van der Waals surface area contributed by atoms with Crippen LogP contribution < -0.4 is 4.74 Å². The Morgan fingerprint density at radius 1 is 1.54 bits per heavy atom. The maximum atomic E-state index is 8.56. The van der Waals surface area contributed by atoms with Crippen molar-refractivity contribution in [3.05, 3.63) is 28.8 Å². The summed E-state index contributed by atoms with van der Waals surface area (Å²) in [6.45, 7) is 1.67. The van der Waals surface area contributed by atoms with E-state index < -0.39 is 0 Å². The van der Waals surface area contributed by atoms with Crippen LogP contribution in [0.3, 0.4) is 0 Å². The predicted molar refractivity (Wildman–Crippen MR) is 52.0 cm³/mol. The second-order valence-electron chi connectivity index (χ2n) is 2.51. The van der Waals surface area contributed by atoms with Crippen LogP contribution in [-0.2, 0) is 0 Å². The molecular formula is C9H10ClNO2. The minimum absolute atomic E-state index is 0.459. The molecule has 13 heavy (non-hydrogen) atoms. The van der Waals surface area contributed by atoms with Gasteiger partial charge in [0.15, 0.2) is 0 Å². The van der Waals surface area contributed by atoms with E-state index in [0.29, 0.717) is 22.0 Å². The molecule has 4 heteroatoms. The van der Waals surface area contributed by atoms with Crippen LogP contribution in [0, 0.1) is 0 Å². The highest BCUT2D eigenvalue weighted by Crippen LogP contribution is 2.27. The lowest BCUT2D eigenvalue weighted by atomic mass is 10.1. The highest BCUT2D eigenvalue weighted by atomic mass is 35.5. The summed E-state index contributed by atoms with van der Waals surface area (Å²) in [4.78, 5) is 0. The molecule has 0 aliphatic rings. The van der Waals surface area contributed by atoms with Crippen LogP contribution in [-0.4, -0.2) is 18.0 Å². The van der Waals surface area contributed by atoms with Crippen LogP contribution in [0.4, 0.5) is 0 Å². The largest absolute Gasteiger partial charge is 0.495 e. The van der Waals surface area contributed by atoms with E-state index in [4.69, 9.17) is 21.5 Å². The molecule has 0 fully saturated rings. The minimum atomic E-state index is 0.459. The fourth-order valence-electron chi connectivity index (χ4n) is 1.00. The number of rotatable bonds is 2. The summed E-state index contributed by atoms with van der Waals surface area (Å²) in [5, 5.41) is 12.1. The van der Waals surface area contributed by atoms with Crippen LogP contribution in [0.2, 0.25) is 5.02 Å². The SMILES string of the molecule is COc1cccc(C(C)=NO)c1Cl. The Labute approximate surface area is 81.6 Å². The maximum Gasteiger partial charge on any atom is 0.138 e. The summed E-state index contributed by atoms with van der Waals surface area (Å²) in [5.74, 6) is 0.571. The van der Waals surface area contributed by atoms with Crippen molar-refractivity contribution >= 4 is 17.3 Å². The fourth-order valence-corrected chi connectivity index (χ4v) is 1.34. The molecule has 1 aromatic carbocycles. The zero-order chi connectivity index (χ0) is 9.84. The lowest BCUT2D eigenvalue weighted by molar-refractivity contribution is 0.319. The maximum absolute atomic E-state index is 8.56. The van der Waals surface area contributed by atoms with Gasteiger partial charge >= 0.3 is 0 Å². The summed E-state index contributed by atoms with van der Waals surface area (Å²) < 4.78 is 5.01. The van der Waals surface area contributed by atoms with E-state index in [-0.39, 0.29) is 0 Å². The van der Waals surface area contributed by atoms with E-state index in [9.17, 15) is 0 Å². The molecule has 0 aromatic heterocycles. The Hall–Kier alpha value is -1.22. The van der Waals surface area contributed by atoms with Gasteiger partial charge in [-0.25, -0.2) is 0 Å². The number of nitrogens with zero attached hydrogens (tertiary/aromatic N) is 1. The van der Waals surface area contributed by atoms with Gasteiger partial charge in [-0.05, 0) is 13.0 Å². The van der Waals surface area contributed by atoms with Crippen LogP contribution in [0.25, 0.3) is 0 Å². The molecule has 0 aliphatic heterocycles. The highest BCUT2D eigenvalue weighted by molar-refractivity contribution is 6.35. The van der Waals surface area contributed by atoms with Crippen molar-refractivity contribution in [2.45, 2.75) is 6.92 Å². The third-order valence-corrected chi connectivity index (χ3v) is 2.11. The first-order valence-electron chi connectivity index (χ1n) is 3.72. The van der Waals surface area contributed by atoms with Gasteiger partial charge in [0, 0.05) is 5.56 Å². The van der Waals surface area contributed by atoms with Crippen molar-refractivity contribution in [2.75, 3.05) is 7.11 Å². The third kappa shape index (κ3) is 1.92. The summed E-state index contributed by atoms with van der Waals surface area (Å²) in [5.41, 5.74) is 1.13. The molecule has 3 nitrogen and oxygen atoms in total. The molecule has 0 saturated carbocycles. The lowest BCUT2D eigenvalue weighted by Crippen LogP contribution is -1.97. The second kappa shape index (κ2) is 4.14. The second-order valence-corrected chi connectivity index (χ2v) is 2.89. The molecular weight excluding hydrogens is 190 g/mol. The van der Waals surface area contributed by atoms with E-state index in [2.05, 4.69) is 5.16 Å². The molecule has 0 spiro atoms. The fraction of sp³-hybridized carbons (Fsp3) is 0.222. The van der Waals surface area contributed by atoms with Gasteiger partial charge in [0.25, 0.3) is 0 Å². The minimum Gasteiger partial charge on any atom is -0.495 e. The topological polar surface area (TPSA) is 41.8 Å². The molecule has 1 aromatic rings.